The predicted octanol–water partition coefficient (Wildman–Crippen LogP) is 0.515. The zero-order valence-corrected chi connectivity index (χ0v) is 11.2. The molecule has 0 amide bonds. The summed E-state index contributed by atoms with van der Waals surface area (Å²) in [5.74, 6) is -1.00. The first-order valence-corrected chi connectivity index (χ1v) is 7.25. The van der Waals surface area contributed by atoms with E-state index in [2.05, 4.69) is 5.32 Å². The molecule has 1 aliphatic rings. The molecule has 6 nitrogen and oxygen atoms in total. The third kappa shape index (κ3) is 3.31. The van der Waals surface area contributed by atoms with Crippen molar-refractivity contribution in [2.24, 2.45) is 0 Å². The molecule has 0 aliphatic carbocycles. The van der Waals surface area contributed by atoms with Crippen molar-refractivity contribution in [1.29, 1.82) is 0 Å². The molecule has 0 radical (unpaired) electrons. The Labute approximate surface area is 111 Å². The molecule has 1 aromatic rings. The summed E-state index contributed by atoms with van der Waals surface area (Å²) in [6.07, 6.45) is -0.507. The Balaban J connectivity index is 2.06. The Morgan fingerprint density at radius 2 is 2.00 bits per heavy atom. The van der Waals surface area contributed by atoms with Crippen molar-refractivity contribution in [3.05, 3.63) is 29.8 Å². The van der Waals surface area contributed by atoms with E-state index < -0.39 is 28.2 Å². The number of carbonyl (C=O) groups is 1. The van der Waals surface area contributed by atoms with Gasteiger partial charge in [0.2, 0.25) is 0 Å². The van der Waals surface area contributed by atoms with Gasteiger partial charge in [0, 0.05) is 13.0 Å². The van der Waals surface area contributed by atoms with Gasteiger partial charge in [0.15, 0.2) is 0 Å². The highest BCUT2D eigenvalue weighted by Gasteiger charge is 2.33. The molecule has 104 valence electrons. The quantitative estimate of drug-likeness (QED) is 0.783. The van der Waals surface area contributed by atoms with Crippen LogP contribution in [0.1, 0.15) is 12.0 Å². The number of aliphatic carboxylic acids is 1. The summed E-state index contributed by atoms with van der Waals surface area (Å²) < 4.78 is 29.0. The Morgan fingerprint density at radius 3 is 2.53 bits per heavy atom. The molecule has 1 aliphatic heterocycles. The maximum atomic E-state index is 12.0. The predicted molar refractivity (Wildman–Crippen MR) is 67.3 cm³/mol. The molecule has 19 heavy (non-hydrogen) atoms. The second kappa shape index (κ2) is 5.28. The number of aryl methyl sites for hydroxylation is 1. The maximum absolute atomic E-state index is 12.0. The van der Waals surface area contributed by atoms with Gasteiger partial charge in [0.25, 0.3) is 10.1 Å². The molecular formula is C12H15NO5S. The second-order valence-corrected chi connectivity index (χ2v) is 6.09. The highest BCUT2D eigenvalue weighted by atomic mass is 32.2. The minimum Gasteiger partial charge on any atom is -0.480 e. The fraction of sp³-hybridized carbons (Fsp3) is 0.417. The van der Waals surface area contributed by atoms with E-state index in [1.165, 1.54) is 12.1 Å². The van der Waals surface area contributed by atoms with E-state index in [1.807, 2.05) is 6.92 Å². The Bertz CT molecular complexity index is 566. The van der Waals surface area contributed by atoms with Crippen molar-refractivity contribution in [2.45, 2.75) is 30.4 Å². The summed E-state index contributed by atoms with van der Waals surface area (Å²) in [5.41, 5.74) is 0.951. The molecular weight excluding hydrogens is 270 g/mol. The lowest BCUT2D eigenvalue weighted by Crippen LogP contribution is -2.30. The van der Waals surface area contributed by atoms with Crippen LogP contribution in [0.2, 0.25) is 0 Å². The lowest BCUT2D eigenvalue weighted by atomic mass is 10.2. The lowest BCUT2D eigenvalue weighted by molar-refractivity contribution is -0.139. The van der Waals surface area contributed by atoms with Gasteiger partial charge in [0.05, 0.1) is 11.0 Å². The summed E-state index contributed by atoms with van der Waals surface area (Å²) in [7, 11) is -3.84. The van der Waals surface area contributed by atoms with Crippen molar-refractivity contribution in [3.8, 4) is 0 Å². The lowest BCUT2D eigenvalue weighted by Gasteiger charge is -2.11. The SMILES string of the molecule is Cc1ccc(S(=O)(=O)OC2CNC(C(=O)O)C2)cc1. The number of benzene rings is 1. The minimum absolute atomic E-state index is 0.0804. The van der Waals surface area contributed by atoms with Crippen LogP contribution in [-0.4, -0.2) is 38.2 Å². The van der Waals surface area contributed by atoms with E-state index >= 15 is 0 Å². The average molecular weight is 285 g/mol. The molecule has 1 fully saturated rings. The normalized spacial score (nSPS) is 23.4. The van der Waals surface area contributed by atoms with Crippen LogP contribution in [0.5, 0.6) is 0 Å². The largest absolute Gasteiger partial charge is 0.480 e. The van der Waals surface area contributed by atoms with Crippen molar-refractivity contribution >= 4 is 16.1 Å². The maximum Gasteiger partial charge on any atom is 0.320 e. The smallest absolute Gasteiger partial charge is 0.320 e. The molecule has 7 heteroatoms. The standard InChI is InChI=1S/C12H15NO5S/c1-8-2-4-10(5-3-8)19(16,17)18-9-6-11(12(14)15)13-7-9/h2-5,9,11,13H,6-7H2,1H3,(H,14,15). The summed E-state index contributed by atoms with van der Waals surface area (Å²) in [6.45, 7) is 2.07. The van der Waals surface area contributed by atoms with Crippen molar-refractivity contribution in [1.82, 2.24) is 5.32 Å². The number of nitrogens with one attached hydrogen (secondary N) is 1. The van der Waals surface area contributed by atoms with E-state index in [0.29, 0.717) is 0 Å². The molecule has 2 unspecified atom stereocenters. The zero-order valence-electron chi connectivity index (χ0n) is 10.4. The van der Waals surface area contributed by atoms with Gasteiger partial charge in [-0.25, -0.2) is 0 Å². The first-order chi connectivity index (χ1) is 8.88. The fourth-order valence-corrected chi connectivity index (χ4v) is 2.99. The van der Waals surface area contributed by atoms with Gasteiger partial charge >= 0.3 is 5.97 Å². The fourth-order valence-electron chi connectivity index (χ4n) is 1.90. The summed E-state index contributed by atoms with van der Waals surface area (Å²) in [6, 6.07) is 5.56. The number of rotatable bonds is 4. The third-order valence-corrected chi connectivity index (χ3v) is 4.34. The van der Waals surface area contributed by atoms with Crippen LogP contribution < -0.4 is 5.32 Å². The number of carboxylic acid groups (broad SMARTS) is 1. The molecule has 2 N–H and O–H groups in total. The summed E-state index contributed by atoms with van der Waals surface area (Å²) in [4.78, 5) is 10.8. The van der Waals surface area contributed by atoms with Gasteiger partial charge < -0.3 is 10.4 Å². The Kier molecular flexibility index (Phi) is 3.88. The molecule has 1 aromatic carbocycles. The second-order valence-electron chi connectivity index (χ2n) is 4.52. The van der Waals surface area contributed by atoms with Crippen molar-refractivity contribution < 1.29 is 22.5 Å². The van der Waals surface area contributed by atoms with E-state index in [9.17, 15) is 13.2 Å². The van der Waals surface area contributed by atoms with Crippen LogP contribution in [0.4, 0.5) is 0 Å². The average Bonchev–Trinajstić information content (AvgIpc) is 2.77. The number of hydrogen-bond acceptors (Lipinski definition) is 5. The molecule has 1 heterocycles. The van der Waals surface area contributed by atoms with Crippen LogP contribution in [0.15, 0.2) is 29.2 Å². The highest BCUT2D eigenvalue weighted by molar-refractivity contribution is 7.86. The first kappa shape index (κ1) is 14.0. The first-order valence-electron chi connectivity index (χ1n) is 5.84. The van der Waals surface area contributed by atoms with E-state index in [4.69, 9.17) is 9.29 Å². The number of carboxylic acids is 1. The molecule has 2 atom stereocenters. The summed E-state index contributed by atoms with van der Waals surface area (Å²) in [5, 5.41) is 11.5. The van der Waals surface area contributed by atoms with Crippen LogP contribution in [0.25, 0.3) is 0 Å². The molecule has 0 saturated carbocycles. The molecule has 0 spiro atoms. The third-order valence-electron chi connectivity index (χ3n) is 2.96. The van der Waals surface area contributed by atoms with Gasteiger partial charge in [-0.05, 0) is 19.1 Å². The van der Waals surface area contributed by atoms with Crippen LogP contribution in [-0.2, 0) is 19.1 Å². The van der Waals surface area contributed by atoms with Crippen LogP contribution in [0.3, 0.4) is 0 Å². The van der Waals surface area contributed by atoms with Gasteiger partial charge in [0.1, 0.15) is 6.04 Å². The van der Waals surface area contributed by atoms with Crippen LogP contribution in [0, 0.1) is 6.92 Å². The topological polar surface area (TPSA) is 92.7 Å². The van der Waals surface area contributed by atoms with Gasteiger partial charge in [-0.15, -0.1) is 0 Å². The monoisotopic (exact) mass is 285 g/mol. The molecule has 1 saturated heterocycles. The van der Waals surface area contributed by atoms with Crippen molar-refractivity contribution in [2.75, 3.05) is 6.54 Å². The van der Waals surface area contributed by atoms with E-state index in [-0.39, 0.29) is 17.9 Å². The van der Waals surface area contributed by atoms with Gasteiger partial charge in [-0.3, -0.25) is 8.98 Å². The highest BCUT2D eigenvalue weighted by Crippen LogP contribution is 2.19. The summed E-state index contributed by atoms with van der Waals surface area (Å²) >= 11 is 0. The molecule has 2 rings (SSSR count). The Morgan fingerprint density at radius 1 is 1.37 bits per heavy atom. The Hall–Kier alpha value is -1.44. The molecule has 0 bridgehead atoms. The van der Waals surface area contributed by atoms with Crippen LogP contribution >= 0.6 is 0 Å². The van der Waals surface area contributed by atoms with Gasteiger partial charge in [-0.1, -0.05) is 17.7 Å². The van der Waals surface area contributed by atoms with Gasteiger partial charge in [-0.2, -0.15) is 8.42 Å². The number of hydrogen-bond donors (Lipinski definition) is 2. The molecule has 0 aromatic heterocycles. The zero-order chi connectivity index (χ0) is 14.0. The van der Waals surface area contributed by atoms with E-state index in [0.717, 1.165) is 5.56 Å². The van der Waals surface area contributed by atoms with Crippen molar-refractivity contribution in [3.63, 3.8) is 0 Å². The van der Waals surface area contributed by atoms with E-state index in [1.54, 1.807) is 12.1 Å². The minimum atomic E-state index is -3.84.